The number of hydrogen-bond acceptors (Lipinski definition) is 4. The lowest BCUT2D eigenvalue weighted by Gasteiger charge is -2.07. The van der Waals surface area contributed by atoms with Gasteiger partial charge in [0.05, 0.1) is 18.1 Å². The number of benzene rings is 2. The molecule has 0 radical (unpaired) electrons. The van der Waals surface area contributed by atoms with Crippen molar-refractivity contribution in [1.82, 2.24) is 9.78 Å². The Morgan fingerprint density at radius 1 is 1.19 bits per heavy atom. The number of nitrogens with zero attached hydrogens (tertiary/aromatic N) is 2. The van der Waals surface area contributed by atoms with Crippen LogP contribution < -0.4 is 14.8 Å². The number of anilines is 1. The summed E-state index contributed by atoms with van der Waals surface area (Å²) in [5.74, 6) is 0.163. The van der Waals surface area contributed by atoms with Crippen molar-refractivity contribution in [3.63, 3.8) is 0 Å². The monoisotopic (exact) mass is 393 g/mol. The van der Waals surface area contributed by atoms with Gasteiger partial charge in [-0.3, -0.25) is 4.79 Å². The summed E-state index contributed by atoms with van der Waals surface area (Å²) < 4.78 is 35.6. The molecule has 0 aliphatic rings. The first-order valence-electron chi connectivity index (χ1n) is 7.76. The van der Waals surface area contributed by atoms with E-state index in [4.69, 9.17) is 16.3 Å². The summed E-state index contributed by atoms with van der Waals surface area (Å²) >= 11 is 5.89. The maximum atomic E-state index is 12.2. The Balaban J connectivity index is 1.56. The van der Waals surface area contributed by atoms with E-state index in [0.717, 1.165) is 0 Å². The fourth-order valence-corrected chi connectivity index (χ4v) is 2.37. The molecule has 3 rings (SSSR count). The first-order valence-corrected chi connectivity index (χ1v) is 8.14. The second-order valence-electron chi connectivity index (χ2n) is 5.36. The molecular weight excluding hydrogens is 380 g/mol. The molecule has 6 nitrogen and oxygen atoms in total. The zero-order chi connectivity index (χ0) is 19.2. The largest absolute Gasteiger partial charge is 0.471 e. The number of hydrogen-bond donors (Lipinski definition) is 1. The van der Waals surface area contributed by atoms with Crippen molar-refractivity contribution < 1.29 is 23.0 Å². The normalized spacial score (nSPS) is 10.7. The van der Waals surface area contributed by atoms with Crippen molar-refractivity contribution >= 4 is 23.2 Å². The molecule has 0 spiro atoms. The van der Waals surface area contributed by atoms with Crippen LogP contribution in [-0.4, -0.2) is 22.3 Å². The molecule has 2 aromatic carbocycles. The lowest BCUT2D eigenvalue weighted by atomic mass is 10.2. The number of amides is 1. The third-order valence-corrected chi connectivity index (χ3v) is 3.63. The summed E-state index contributed by atoms with van der Waals surface area (Å²) in [6.07, 6.45) is 3.06. The van der Waals surface area contributed by atoms with Crippen LogP contribution in [0.25, 0.3) is 0 Å². The third-order valence-electron chi connectivity index (χ3n) is 3.39. The molecule has 27 heavy (non-hydrogen) atoms. The lowest BCUT2D eigenvalue weighted by Crippen LogP contribution is -2.11. The molecule has 0 aliphatic carbocycles. The van der Waals surface area contributed by atoms with Crippen LogP contribution in [0.3, 0.4) is 0 Å². The van der Waals surface area contributed by atoms with E-state index in [1.54, 1.807) is 30.5 Å². The van der Waals surface area contributed by atoms with E-state index >= 15 is 0 Å². The maximum absolute atomic E-state index is 12.2. The minimum Gasteiger partial charge on any atom is -0.471 e. The zero-order valence-corrected chi connectivity index (χ0v) is 14.6. The molecular formula is C18H14ClF2N3O3. The van der Waals surface area contributed by atoms with Crippen molar-refractivity contribution in [1.29, 1.82) is 0 Å². The molecule has 0 bridgehead atoms. The summed E-state index contributed by atoms with van der Waals surface area (Å²) in [4.78, 5) is 12.2. The Morgan fingerprint density at radius 2 is 1.96 bits per heavy atom. The van der Waals surface area contributed by atoms with E-state index in [0.29, 0.717) is 22.0 Å². The fraction of sp³-hybridized carbons (Fsp3) is 0.111. The van der Waals surface area contributed by atoms with E-state index in [1.165, 1.54) is 35.1 Å². The first-order chi connectivity index (χ1) is 13.0. The Hall–Kier alpha value is -3.13. The van der Waals surface area contributed by atoms with Crippen LogP contribution in [0.2, 0.25) is 5.02 Å². The van der Waals surface area contributed by atoms with E-state index in [1.807, 2.05) is 0 Å². The van der Waals surface area contributed by atoms with Crippen LogP contribution in [0, 0.1) is 0 Å². The van der Waals surface area contributed by atoms with Crippen LogP contribution in [0.5, 0.6) is 11.5 Å². The van der Waals surface area contributed by atoms with E-state index < -0.39 is 12.5 Å². The second kappa shape index (κ2) is 8.50. The minimum absolute atomic E-state index is 0.0208. The van der Waals surface area contributed by atoms with Gasteiger partial charge in [0.1, 0.15) is 11.5 Å². The third kappa shape index (κ3) is 5.42. The molecule has 1 aromatic heterocycles. The molecule has 0 atom stereocenters. The predicted molar refractivity (Wildman–Crippen MR) is 95.3 cm³/mol. The summed E-state index contributed by atoms with van der Waals surface area (Å²) in [5, 5.41) is 7.31. The molecule has 9 heteroatoms. The molecule has 0 aliphatic heterocycles. The smallest absolute Gasteiger partial charge is 0.387 e. The van der Waals surface area contributed by atoms with Crippen molar-refractivity contribution in [2.45, 2.75) is 13.3 Å². The molecule has 0 unspecified atom stereocenters. The average molecular weight is 394 g/mol. The molecule has 1 amide bonds. The number of ether oxygens (including phenoxy) is 2. The van der Waals surface area contributed by atoms with Gasteiger partial charge in [-0.05, 0) is 42.5 Å². The molecule has 3 aromatic rings. The fourth-order valence-electron chi connectivity index (χ4n) is 2.19. The van der Waals surface area contributed by atoms with Crippen molar-refractivity contribution in [2.24, 2.45) is 0 Å². The highest BCUT2D eigenvalue weighted by atomic mass is 35.5. The van der Waals surface area contributed by atoms with Gasteiger partial charge in [0.25, 0.3) is 5.91 Å². The number of carbonyl (C=O) groups is 1. The van der Waals surface area contributed by atoms with Crippen LogP contribution in [0.4, 0.5) is 14.5 Å². The van der Waals surface area contributed by atoms with Crippen molar-refractivity contribution in [2.75, 3.05) is 5.32 Å². The quantitative estimate of drug-likeness (QED) is 0.645. The van der Waals surface area contributed by atoms with Gasteiger partial charge >= 0.3 is 6.61 Å². The lowest BCUT2D eigenvalue weighted by molar-refractivity contribution is -0.0498. The summed E-state index contributed by atoms with van der Waals surface area (Å²) in [6.45, 7) is -2.78. The van der Waals surface area contributed by atoms with Crippen molar-refractivity contribution in [3.8, 4) is 11.5 Å². The van der Waals surface area contributed by atoms with Gasteiger partial charge < -0.3 is 14.8 Å². The highest BCUT2D eigenvalue weighted by molar-refractivity contribution is 6.30. The van der Waals surface area contributed by atoms with Gasteiger partial charge in [0, 0.05) is 10.6 Å². The maximum Gasteiger partial charge on any atom is 0.387 e. The number of alkyl halides is 2. The number of rotatable bonds is 7. The summed E-state index contributed by atoms with van der Waals surface area (Å²) in [7, 11) is 0. The number of halogens is 3. The molecule has 0 fully saturated rings. The van der Waals surface area contributed by atoms with E-state index in [2.05, 4.69) is 15.2 Å². The Kier molecular flexibility index (Phi) is 5.87. The van der Waals surface area contributed by atoms with E-state index in [-0.39, 0.29) is 12.5 Å². The second-order valence-corrected chi connectivity index (χ2v) is 5.79. The highest BCUT2D eigenvalue weighted by Gasteiger charge is 2.09. The standard InChI is InChI=1S/C18H14ClF2N3O3/c19-13-2-1-3-16(8-13)26-11-24-10-14(9-22-24)23-17(25)12-4-6-15(7-5-12)27-18(20)21/h1-10,18H,11H2,(H,23,25). The van der Waals surface area contributed by atoms with Gasteiger partial charge in [0.2, 0.25) is 0 Å². The van der Waals surface area contributed by atoms with Gasteiger partial charge in [-0.25, -0.2) is 4.68 Å². The Labute approximate surface area is 158 Å². The summed E-state index contributed by atoms with van der Waals surface area (Å²) in [6, 6.07) is 12.3. The SMILES string of the molecule is O=C(Nc1cnn(COc2cccc(Cl)c2)c1)c1ccc(OC(F)F)cc1. The zero-order valence-electron chi connectivity index (χ0n) is 13.8. The summed E-state index contributed by atoms with van der Waals surface area (Å²) in [5.41, 5.74) is 0.752. The van der Waals surface area contributed by atoms with Gasteiger partial charge in [-0.15, -0.1) is 0 Å². The molecule has 140 valence electrons. The van der Waals surface area contributed by atoms with Crippen LogP contribution in [0.15, 0.2) is 60.9 Å². The first kappa shape index (κ1) is 18.7. The highest BCUT2D eigenvalue weighted by Crippen LogP contribution is 2.18. The molecule has 1 heterocycles. The minimum atomic E-state index is -2.91. The molecule has 0 saturated heterocycles. The van der Waals surface area contributed by atoms with Crippen LogP contribution >= 0.6 is 11.6 Å². The topological polar surface area (TPSA) is 65.4 Å². The Morgan fingerprint density at radius 3 is 2.67 bits per heavy atom. The van der Waals surface area contributed by atoms with Crippen LogP contribution in [0.1, 0.15) is 10.4 Å². The number of carbonyl (C=O) groups excluding carboxylic acids is 1. The van der Waals surface area contributed by atoms with Crippen LogP contribution in [-0.2, 0) is 6.73 Å². The Bertz CT molecular complexity index is 916. The van der Waals surface area contributed by atoms with Gasteiger partial charge in [-0.1, -0.05) is 17.7 Å². The van der Waals surface area contributed by atoms with Gasteiger partial charge in [-0.2, -0.15) is 13.9 Å². The average Bonchev–Trinajstić information content (AvgIpc) is 3.07. The number of nitrogens with one attached hydrogen (secondary N) is 1. The van der Waals surface area contributed by atoms with Gasteiger partial charge in [0.15, 0.2) is 6.73 Å². The molecule has 1 N–H and O–H groups in total. The van der Waals surface area contributed by atoms with Crippen molar-refractivity contribution in [3.05, 3.63) is 71.5 Å². The number of aromatic nitrogens is 2. The predicted octanol–water partition coefficient (Wildman–Crippen LogP) is 4.43. The molecule has 0 saturated carbocycles. The van der Waals surface area contributed by atoms with E-state index in [9.17, 15) is 13.6 Å².